The number of nitrogens with zero attached hydrogens (tertiary/aromatic N) is 1. The highest BCUT2D eigenvalue weighted by Crippen LogP contribution is 2.19. The molecule has 3 nitrogen and oxygen atoms in total. The molecular formula is C11H11NO2S. The van der Waals surface area contributed by atoms with Crippen LogP contribution in [0.15, 0.2) is 17.0 Å². The van der Waals surface area contributed by atoms with Crippen LogP contribution in [-0.2, 0) is 4.74 Å². The number of nitriles is 1. The van der Waals surface area contributed by atoms with Crippen LogP contribution in [-0.4, -0.2) is 12.6 Å². The molecule has 0 saturated carbocycles. The molecule has 1 aromatic rings. The predicted molar refractivity (Wildman–Crippen MR) is 59.1 cm³/mol. The molecule has 0 spiro atoms. The lowest BCUT2D eigenvalue weighted by Gasteiger charge is -2.07. The summed E-state index contributed by atoms with van der Waals surface area (Å²) in [4.78, 5) is 12.2. The molecule has 0 saturated heterocycles. The van der Waals surface area contributed by atoms with Gasteiger partial charge in [-0.05, 0) is 31.5 Å². The molecule has 0 fully saturated rings. The molecule has 0 bridgehead atoms. The van der Waals surface area contributed by atoms with Gasteiger partial charge in [0.25, 0.3) is 0 Å². The van der Waals surface area contributed by atoms with Crippen molar-refractivity contribution in [2.24, 2.45) is 0 Å². The van der Waals surface area contributed by atoms with Crippen LogP contribution in [0.25, 0.3) is 0 Å². The van der Waals surface area contributed by atoms with Gasteiger partial charge in [-0.2, -0.15) is 5.26 Å². The zero-order valence-electron chi connectivity index (χ0n) is 8.57. The second kappa shape index (κ2) is 4.85. The van der Waals surface area contributed by atoms with E-state index in [1.807, 2.05) is 6.07 Å². The molecule has 0 amide bonds. The first-order chi connectivity index (χ1) is 7.10. The number of carbonyl (C=O) groups excluding carboxylic acids is 1. The van der Waals surface area contributed by atoms with Crippen LogP contribution in [0.4, 0.5) is 0 Å². The maximum Gasteiger partial charge on any atom is 0.339 e. The van der Waals surface area contributed by atoms with Crippen LogP contribution < -0.4 is 0 Å². The Morgan fingerprint density at radius 3 is 2.80 bits per heavy atom. The van der Waals surface area contributed by atoms with Gasteiger partial charge in [-0.3, -0.25) is 0 Å². The summed E-state index contributed by atoms with van der Waals surface area (Å²) in [6.07, 6.45) is 0. The van der Waals surface area contributed by atoms with Crippen LogP contribution in [0.1, 0.15) is 28.4 Å². The number of aryl methyl sites for hydroxylation is 1. The van der Waals surface area contributed by atoms with Gasteiger partial charge in [-0.25, -0.2) is 4.79 Å². The Bertz CT molecular complexity index is 435. The number of rotatable bonds is 2. The Morgan fingerprint density at radius 2 is 2.27 bits per heavy atom. The van der Waals surface area contributed by atoms with Crippen molar-refractivity contribution in [2.45, 2.75) is 18.7 Å². The summed E-state index contributed by atoms with van der Waals surface area (Å²) < 4.78 is 4.88. The van der Waals surface area contributed by atoms with Gasteiger partial charge in [-0.1, -0.05) is 0 Å². The van der Waals surface area contributed by atoms with E-state index in [0.29, 0.717) is 28.2 Å². The fourth-order valence-electron chi connectivity index (χ4n) is 1.33. The molecule has 0 atom stereocenters. The van der Waals surface area contributed by atoms with Crippen LogP contribution in [0.2, 0.25) is 0 Å². The summed E-state index contributed by atoms with van der Waals surface area (Å²) in [5, 5.41) is 8.89. The Hall–Kier alpha value is -1.47. The van der Waals surface area contributed by atoms with Crippen molar-refractivity contribution in [3.63, 3.8) is 0 Å². The standard InChI is InChI=1S/C11H11NO2S/c1-3-14-11(13)10-7(2)4-9(15)5-8(10)6-12/h4-5,15H,3H2,1-2H3. The fourth-order valence-corrected chi connectivity index (χ4v) is 1.65. The monoisotopic (exact) mass is 221 g/mol. The molecule has 0 aliphatic heterocycles. The summed E-state index contributed by atoms with van der Waals surface area (Å²) in [7, 11) is 0. The molecule has 0 unspecified atom stereocenters. The molecule has 1 rings (SSSR count). The number of thiol groups is 1. The van der Waals surface area contributed by atoms with Crippen molar-refractivity contribution >= 4 is 18.6 Å². The van der Waals surface area contributed by atoms with Crippen LogP contribution >= 0.6 is 12.6 Å². The normalized spacial score (nSPS) is 9.47. The highest BCUT2D eigenvalue weighted by atomic mass is 32.1. The first kappa shape index (κ1) is 11.6. The van der Waals surface area contributed by atoms with Crippen molar-refractivity contribution in [2.75, 3.05) is 6.61 Å². The lowest BCUT2D eigenvalue weighted by Crippen LogP contribution is -2.09. The highest BCUT2D eigenvalue weighted by Gasteiger charge is 2.15. The quantitative estimate of drug-likeness (QED) is 0.616. The maximum atomic E-state index is 11.6. The van der Waals surface area contributed by atoms with Crippen molar-refractivity contribution in [3.05, 3.63) is 28.8 Å². The van der Waals surface area contributed by atoms with E-state index in [1.165, 1.54) is 0 Å². The molecule has 0 aliphatic carbocycles. The lowest BCUT2D eigenvalue weighted by atomic mass is 10.0. The highest BCUT2D eigenvalue weighted by molar-refractivity contribution is 7.80. The molecule has 78 valence electrons. The molecule has 0 heterocycles. The Kier molecular flexibility index (Phi) is 3.75. The lowest BCUT2D eigenvalue weighted by molar-refractivity contribution is 0.0525. The van der Waals surface area contributed by atoms with E-state index < -0.39 is 5.97 Å². The second-order valence-corrected chi connectivity index (χ2v) is 3.53. The average molecular weight is 221 g/mol. The van der Waals surface area contributed by atoms with E-state index in [-0.39, 0.29) is 0 Å². The van der Waals surface area contributed by atoms with Gasteiger partial charge in [0.15, 0.2) is 0 Å². The first-order valence-corrected chi connectivity index (χ1v) is 4.95. The number of esters is 1. The third-order valence-electron chi connectivity index (χ3n) is 1.92. The van der Waals surface area contributed by atoms with Crippen molar-refractivity contribution < 1.29 is 9.53 Å². The summed E-state index contributed by atoms with van der Waals surface area (Å²) >= 11 is 4.14. The van der Waals surface area contributed by atoms with Crippen LogP contribution in [0.3, 0.4) is 0 Å². The minimum absolute atomic E-state index is 0.297. The summed E-state index contributed by atoms with van der Waals surface area (Å²) in [6, 6.07) is 5.26. The number of hydrogen-bond acceptors (Lipinski definition) is 4. The van der Waals surface area contributed by atoms with E-state index in [1.54, 1.807) is 26.0 Å². The molecule has 4 heteroatoms. The number of benzene rings is 1. The van der Waals surface area contributed by atoms with Crippen LogP contribution in [0.5, 0.6) is 0 Å². The molecule has 0 N–H and O–H groups in total. The Morgan fingerprint density at radius 1 is 1.60 bits per heavy atom. The van der Waals surface area contributed by atoms with Gasteiger partial charge in [0.05, 0.1) is 17.7 Å². The van der Waals surface area contributed by atoms with E-state index in [2.05, 4.69) is 12.6 Å². The van der Waals surface area contributed by atoms with Gasteiger partial charge in [0, 0.05) is 4.90 Å². The van der Waals surface area contributed by atoms with Crippen molar-refractivity contribution in [1.29, 1.82) is 5.26 Å². The SMILES string of the molecule is CCOC(=O)c1c(C)cc(S)cc1C#N. The summed E-state index contributed by atoms with van der Waals surface area (Å²) in [6.45, 7) is 3.78. The summed E-state index contributed by atoms with van der Waals surface area (Å²) in [5.41, 5.74) is 1.34. The smallest absolute Gasteiger partial charge is 0.339 e. The van der Waals surface area contributed by atoms with Gasteiger partial charge in [-0.15, -0.1) is 12.6 Å². The van der Waals surface area contributed by atoms with Crippen LogP contribution in [0, 0.1) is 18.3 Å². The molecular weight excluding hydrogens is 210 g/mol. The minimum atomic E-state index is -0.458. The summed E-state index contributed by atoms with van der Waals surface area (Å²) in [5.74, 6) is -0.458. The first-order valence-electron chi connectivity index (χ1n) is 4.51. The van der Waals surface area contributed by atoms with Gasteiger partial charge in [0.2, 0.25) is 0 Å². The van der Waals surface area contributed by atoms with Crippen molar-refractivity contribution in [1.82, 2.24) is 0 Å². The van der Waals surface area contributed by atoms with Gasteiger partial charge in [0.1, 0.15) is 6.07 Å². The van der Waals surface area contributed by atoms with E-state index >= 15 is 0 Å². The molecule has 0 radical (unpaired) electrons. The maximum absolute atomic E-state index is 11.6. The average Bonchev–Trinajstić information content (AvgIpc) is 2.16. The van der Waals surface area contributed by atoms with Gasteiger partial charge < -0.3 is 4.74 Å². The van der Waals surface area contributed by atoms with Gasteiger partial charge >= 0.3 is 5.97 Å². The number of carbonyl (C=O) groups is 1. The molecule has 0 aliphatic rings. The molecule has 0 aromatic heterocycles. The predicted octanol–water partition coefficient (Wildman–Crippen LogP) is 2.33. The van der Waals surface area contributed by atoms with E-state index in [4.69, 9.17) is 10.00 Å². The fraction of sp³-hybridized carbons (Fsp3) is 0.273. The largest absolute Gasteiger partial charge is 0.462 e. The minimum Gasteiger partial charge on any atom is -0.462 e. The Balaban J connectivity index is 3.28. The number of hydrogen-bond donors (Lipinski definition) is 1. The zero-order chi connectivity index (χ0) is 11.4. The number of ether oxygens (including phenoxy) is 1. The second-order valence-electron chi connectivity index (χ2n) is 3.02. The van der Waals surface area contributed by atoms with E-state index in [0.717, 1.165) is 0 Å². The Labute approximate surface area is 94.1 Å². The molecule has 1 aromatic carbocycles. The zero-order valence-corrected chi connectivity index (χ0v) is 9.47. The third kappa shape index (κ3) is 2.51. The third-order valence-corrected chi connectivity index (χ3v) is 2.18. The topological polar surface area (TPSA) is 50.1 Å². The van der Waals surface area contributed by atoms with Crippen molar-refractivity contribution in [3.8, 4) is 6.07 Å². The molecule has 15 heavy (non-hydrogen) atoms. The van der Waals surface area contributed by atoms with E-state index in [9.17, 15) is 4.79 Å².